The summed E-state index contributed by atoms with van der Waals surface area (Å²) in [6, 6.07) is 3.44. The van der Waals surface area contributed by atoms with E-state index < -0.39 is 0 Å². The second-order valence-electron chi connectivity index (χ2n) is 5.44. The molecule has 19 heavy (non-hydrogen) atoms. The van der Waals surface area contributed by atoms with Gasteiger partial charge in [0.05, 0.1) is 11.1 Å². The monoisotopic (exact) mass is 263 g/mol. The Kier molecular flexibility index (Phi) is 4.04. The summed E-state index contributed by atoms with van der Waals surface area (Å²) in [5.74, 6) is 0.456. The van der Waals surface area contributed by atoms with E-state index in [9.17, 15) is 4.79 Å². The van der Waals surface area contributed by atoms with Gasteiger partial charge in [0.25, 0.3) is 5.91 Å². The number of amides is 1. The molecule has 2 N–H and O–H groups in total. The lowest BCUT2D eigenvalue weighted by Crippen LogP contribution is -2.42. The average Bonchev–Trinajstić information content (AvgIpc) is 2.83. The van der Waals surface area contributed by atoms with Gasteiger partial charge in [-0.15, -0.1) is 0 Å². The average molecular weight is 263 g/mol. The van der Waals surface area contributed by atoms with Gasteiger partial charge in [-0.1, -0.05) is 12.8 Å². The van der Waals surface area contributed by atoms with Crippen molar-refractivity contribution >= 4 is 5.91 Å². The molecule has 0 aromatic carbocycles. The molecule has 1 saturated carbocycles. The number of hydrogen-bond acceptors (Lipinski definition) is 4. The summed E-state index contributed by atoms with van der Waals surface area (Å²) < 4.78 is 5.63. The Morgan fingerprint density at radius 3 is 2.63 bits per heavy atom. The molecule has 1 aliphatic carbocycles. The molecular weight excluding hydrogens is 242 g/mol. The van der Waals surface area contributed by atoms with Crippen LogP contribution in [0.3, 0.4) is 0 Å². The van der Waals surface area contributed by atoms with E-state index >= 15 is 0 Å². The van der Waals surface area contributed by atoms with E-state index in [2.05, 4.69) is 4.98 Å². The van der Waals surface area contributed by atoms with E-state index in [1.165, 1.54) is 23.9 Å². The predicted octanol–water partition coefficient (Wildman–Crippen LogP) is 1.43. The first-order chi connectivity index (χ1) is 9.00. The molecule has 0 saturated heterocycles. The Balaban J connectivity index is 1.93. The molecule has 2 rings (SSSR count). The molecular formula is C14H21N3O2. The summed E-state index contributed by atoms with van der Waals surface area (Å²) in [7, 11) is 3.43. The highest BCUT2D eigenvalue weighted by Crippen LogP contribution is 2.27. The van der Waals surface area contributed by atoms with Crippen molar-refractivity contribution in [3.63, 3.8) is 0 Å². The lowest BCUT2D eigenvalue weighted by Gasteiger charge is -2.23. The quantitative estimate of drug-likeness (QED) is 0.892. The molecule has 1 heterocycles. The minimum Gasteiger partial charge on any atom is -0.476 e. The van der Waals surface area contributed by atoms with E-state index in [1.54, 1.807) is 26.2 Å². The highest BCUT2D eigenvalue weighted by molar-refractivity contribution is 5.93. The van der Waals surface area contributed by atoms with Crippen molar-refractivity contribution in [1.82, 2.24) is 9.88 Å². The van der Waals surface area contributed by atoms with E-state index in [0.717, 1.165) is 12.8 Å². The van der Waals surface area contributed by atoms with Gasteiger partial charge in [-0.25, -0.2) is 4.98 Å². The molecule has 1 amide bonds. The number of carbonyl (C=O) groups excluding carboxylic acids is 1. The highest BCUT2D eigenvalue weighted by Gasteiger charge is 2.30. The van der Waals surface area contributed by atoms with Gasteiger partial charge in [0.1, 0.15) is 6.61 Å². The highest BCUT2D eigenvalue weighted by atomic mass is 16.5. The topological polar surface area (TPSA) is 68.5 Å². The maximum absolute atomic E-state index is 11.7. The number of hydrogen-bond donors (Lipinski definition) is 1. The van der Waals surface area contributed by atoms with Gasteiger partial charge in [0, 0.05) is 26.4 Å². The van der Waals surface area contributed by atoms with Gasteiger partial charge in [-0.2, -0.15) is 0 Å². The van der Waals surface area contributed by atoms with Gasteiger partial charge in [-0.3, -0.25) is 4.79 Å². The van der Waals surface area contributed by atoms with Crippen molar-refractivity contribution in [1.29, 1.82) is 0 Å². The van der Waals surface area contributed by atoms with Crippen molar-refractivity contribution in [2.75, 3.05) is 20.7 Å². The second-order valence-corrected chi connectivity index (χ2v) is 5.44. The van der Waals surface area contributed by atoms with Crippen LogP contribution in [0.1, 0.15) is 36.0 Å². The second kappa shape index (κ2) is 5.57. The first-order valence-electron chi connectivity index (χ1n) is 6.60. The van der Waals surface area contributed by atoms with Gasteiger partial charge in [-0.05, 0) is 18.9 Å². The first kappa shape index (κ1) is 13.8. The van der Waals surface area contributed by atoms with Crippen LogP contribution in [0.4, 0.5) is 0 Å². The molecule has 0 unspecified atom stereocenters. The Morgan fingerprint density at radius 1 is 1.42 bits per heavy atom. The molecule has 0 bridgehead atoms. The Bertz CT molecular complexity index is 437. The van der Waals surface area contributed by atoms with Crippen molar-refractivity contribution in [2.24, 2.45) is 5.73 Å². The molecule has 5 heteroatoms. The van der Waals surface area contributed by atoms with E-state index in [4.69, 9.17) is 10.5 Å². The minimum absolute atomic E-state index is 0.0647. The Morgan fingerprint density at radius 2 is 2.11 bits per heavy atom. The zero-order chi connectivity index (χ0) is 13.9. The predicted molar refractivity (Wildman–Crippen MR) is 73.1 cm³/mol. The Labute approximate surface area is 113 Å². The maximum Gasteiger partial charge on any atom is 0.254 e. The minimum atomic E-state index is -0.209. The van der Waals surface area contributed by atoms with E-state index in [-0.39, 0.29) is 11.4 Å². The zero-order valence-electron chi connectivity index (χ0n) is 11.6. The van der Waals surface area contributed by atoms with Crippen LogP contribution in [0, 0.1) is 0 Å². The van der Waals surface area contributed by atoms with Crippen LogP contribution < -0.4 is 10.5 Å². The van der Waals surface area contributed by atoms with E-state index in [1.807, 2.05) is 0 Å². The molecule has 0 atom stereocenters. The largest absolute Gasteiger partial charge is 0.476 e. The summed E-state index contributed by atoms with van der Waals surface area (Å²) in [6.07, 6.45) is 5.89. The van der Waals surface area contributed by atoms with Crippen molar-refractivity contribution in [2.45, 2.75) is 31.2 Å². The molecule has 0 aliphatic heterocycles. The molecule has 1 aromatic rings. The number of pyridine rings is 1. The van der Waals surface area contributed by atoms with Crippen LogP contribution in [0.2, 0.25) is 0 Å². The summed E-state index contributed by atoms with van der Waals surface area (Å²) in [4.78, 5) is 17.4. The smallest absolute Gasteiger partial charge is 0.254 e. The molecule has 1 aromatic heterocycles. The van der Waals surface area contributed by atoms with Gasteiger partial charge >= 0.3 is 0 Å². The summed E-state index contributed by atoms with van der Waals surface area (Å²) in [5.41, 5.74) is 6.56. The van der Waals surface area contributed by atoms with Crippen LogP contribution in [0.25, 0.3) is 0 Å². The van der Waals surface area contributed by atoms with Gasteiger partial charge in [0.2, 0.25) is 5.88 Å². The zero-order valence-corrected chi connectivity index (χ0v) is 11.6. The third-order valence-electron chi connectivity index (χ3n) is 3.50. The molecule has 5 nitrogen and oxygen atoms in total. The fourth-order valence-corrected chi connectivity index (χ4v) is 2.29. The number of aromatic nitrogens is 1. The first-order valence-corrected chi connectivity index (χ1v) is 6.60. The lowest BCUT2D eigenvalue weighted by atomic mass is 10.0. The number of ether oxygens (including phenoxy) is 1. The normalized spacial score (nSPS) is 17.2. The molecule has 0 radical (unpaired) electrons. The third kappa shape index (κ3) is 3.44. The van der Waals surface area contributed by atoms with Gasteiger partial charge < -0.3 is 15.4 Å². The lowest BCUT2D eigenvalue weighted by molar-refractivity contribution is 0.0827. The third-order valence-corrected chi connectivity index (χ3v) is 3.50. The van der Waals surface area contributed by atoms with Crippen LogP contribution in [0.15, 0.2) is 18.3 Å². The standard InChI is InChI=1S/C14H21N3O2/c1-17(2)13(18)11-5-6-12(16-9-11)19-10-14(15)7-3-4-8-14/h5-6,9H,3-4,7-8,10,15H2,1-2H3. The van der Waals surface area contributed by atoms with Crippen molar-refractivity contribution in [3.8, 4) is 5.88 Å². The van der Waals surface area contributed by atoms with Crippen LogP contribution in [0.5, 0.6) is 5.88 Å². The van der Waals surface area contributed by atoms with Gasteiger partial charge in [0.15, 0.2) is 0 Å². The molecule has 0 spiro atoms. The van der Waals surface area contributed by atoms with Crippen LogP contribution >= 0.6 is 0 Å². The summed E-state index contributed by atoms with van der Waals surface area (Å²) >= 11 is 0. The van der Waals surface area contributed by atoms with E-state index in [0.29, 0.717) is 18.1 Å². The number of nitrogens with two attached hydrogens (primary N) is 1. The van der Waals surface area contributed by atoms with Crippen LogP contribution in [-0.4, -0.2) is 42.0 Å². The number of nitrogens with zero attached hydrogens (tertiary/aromatic N) is 2. The molecule has 1 aliphatic rings. The number of carbonyl (C=O) groups is 1. The Hall–Kier alpha value is -1.62. The SMILES string of the molecule is CN(C)C(=O)c1ccc(OCC2(N)CCCC2)nc1. The van der Waals surface area contributed by atoms with Crippen molar-refractivity contribution in [3.05, 3.63) is 23.9 Å². The summed E-state index contributed by atoms with van der Waals surface area (Å²) in [5, 5.41) is 0. The fourth-order valence-electron chi connectivity index (χ4n) is 2.29. The number of rotatable bonds is 4. The van der Waals surface area contributed by atoms with Crippen molar-refractivity contribution < 1.29 is 9.53 Å². The van der Waals surface area contributed by atoms with Crippen LogP contribution in [-0.2, 0) is 0 Å². The fraction of sp³-hybridized carbons (Fsp3) is 0.571. The summed E-state index contributed by atoms with van der Waals surface area (Å²) in [6.45, 7) is 0.487. The molecule has 104 valence electrons. The maximum atomic E-state index is 11.7. The molecule has 1 fully saturated rings.